The Hall–Kier alpha value is -1.76. The van der Waals surface area contributed by atoms with Crippen LogP contribution in [0, 0.1) is 5.92 Å². The molecular weight excluding hydrogens is 355 g/mol. The minimum Gasteiger partial charge on any atom is -0.485 e. The molecule has 1 fully saturated rings. The lowest BCUT2D eigenvalue weighted by molar-refractivity contribution is 0.0935. The number of benzene rings is 1. The van der Waals surface area contributed by atoms with Gasteiger partial charge in [-0.25, -0.2) is 0 Å². The second-order valence-corrected chi connectivity index (χ2v) is 6.30. The molecule has 2 aromatic rings. The van der Waals surface area contributed by atoms with Gasteiger partial charge >= 0.3 is 0 Å². The summed E-state index contributed by atoms with van der Waals surface area (Å²) in [6.45, 7) is 2.14. The van der Waals surface area contributed by atoms with Gasteiger partial charge in [0, 0.05) is 31.2 Å². The predicted octanol–water partition coefficient (Wildman–Crippen LogP) is 3.33. The maximum absolute atomic E-state index is 12.0. The van der Waals surface area contributed by atoms with E-state index in [9.17, 15) is 4.79 Å². The first-order valence-electron chi connectivity index (χ1n) is 7.51. The number of hydrogen-bond donors (Lipinski definition) is 1. The van der Waals surface area contributed by atoms with Gasteiger partial charge in [0.25, 0.3) is 5.91 Å². The zero-order valence-corrected chi connectivity index (χ0v) is 14.3. The monoisotopic (exact) mass is 370 g/mol. The summed E-state index contributed by atoms with van der Waals surface area (Å²) in [4.78, 5) is 12.0. The number of halogens is 2. The van der Waals surface area contributed by atoms with Gasteiger partial charge in [0.15, 0.2) is 11.5 Å². The molecule has 1 aliphatic rings. The van der Waals surface area contributed by atoms with Crippen LogP contribution >= 0.6 is 23.2 Å². The van der Waals surface area contributed by atoms with E-state index in [1.807, 2.05) is 0 Å². The molecule has 1 atom stereocenters. The van der Waals surface area contributed by atoms with Crippen LogP contribution < -0.4 is 10.1 Å². The van der Waals surface area contributed by atoms with Crippen molar-refractivity contribution in [2.75, 3.05) is 19.8 Å². The highest BCUT2D eigenvalue weighted by molar-refractivity contribution is 6.42. The van der Waals surface area contributed by atoms with Crippen LogP contribution in [0.2, 0.25) is 10.0 Å². The van der Waals surface area contributed by atoms with Crippen LogP contribution in [-0.4, -0.2) is 30.8 Å². The summed E-state index contributed by atoms with van der Waals surface area (Å²) in [7, 11) is 0. The van der Waals surface area contributed by atoms with Crippen molar-refractivity contribution >= 4 is 29.1 Å². The normalized spacial score (nSPS) is 17.0. The van der Waals surface area contributed by atoms with Crippen molar-refractivity contribution in [1.82, 2.24) is 10.5 Å². The Morgan fingerprint density at radius 1 is 1.33 bits per heavy atom. The minimum absolute atomic E-state index is 0.134. The van der Waals surface area contributed by atoms with Gasteiger partial charge in [-0.15, -0.1) is 0 Å². The van der Waals surface area contributed by atoms with Gasteiger partial charge in [0.1, 0.15) is 12.4 Å². The highest BCUT2D eigenvalue weighted by atomic mass is 35.5. The van der Waals surface area contributed by atoms with Gasteiger partial charge in [-0.3, -0.25) is 4.79 Å². The molecule has 0 bridgehead atoms. The Morgan fingerprint density at radius 3 is 2.96 bits per heavy atom. The van der Waals surface area contributed by atoms with Crippen molar-refractivity contribution in [3.05, 3.63) is 45.8 Å². The SMILES string of the molecule is O=C(NCC1CCOC1)c1cc(COc2ccc(Cl)c(Cl)c2)on1. The summed E-state index contributed by atoms with van der Waals surface area (Å²) in [6, 6.07) is 6.50. The van der Waals surface area contributed by atoms with E-state index in [0.717, 1.165) is 13.0 Å². The topological polar surface area (TPSA) is 73.6 Å². The van der Waals surface area contributed by atoms with Crippen molar-refractivity contribution in [2.24, 2.45) is 5.92 Å². The lowest BCUT2D eigenvalue weighted by Crippen LogP contribution is -2.29. The van der Waals surface area contributed by atoms with Crippen molar-refractivity contribution in [2.45, 2.75) is 13.0 Å². The zero-order valence-electron chi connectivity index (χ0n) is 12.8. The third kappa shape index (κ3) is 4.41. The van der Waals surface area contributed by atoms with Crippen molar-refractivity contribution in [3.8, 4) is 5.75 Å². The first kappa shape index (κ1) is 17.1. The van der Waals surface area contributed by atoms with E-state index in [2.05, 4.69) is 10.5 Å². The molecule has 1 aromatic carbocycles. The van der Waals surface area contributed by atoms with Crippen LogP contribution in [0.15, 0.2) is 28.8 Å². The van der Waals surface area contributed by atoms with E-state index in [0.29, 0.717) is 40.6 Å². The highest BCUT2D eigenvalue weighted by Crippen LogP contribution is 2.26. The van der Waals surface area contributed by atoms with Gasteiger partial charge in [0.2, 0.25) is 0 Å². The molecule has 0 radical (unpaired) electrons. The number of aromatic nitrogens is 1. The molecule has 1 aliphatic heterocycles. The fourth-order valence-electron chi connectivity index (χ4n) is 2.28. The number of carbonyl (C=O) groups is 1. The fourth-order valence-corrected chi connectivity index (χ4v) is 2.57. The Balaban J connectivity index is 1.50. The van der Waals surface area contributed by atoms with Crippen LogP contribution in [0.25, 0.3) is 0 Å². The van der Waals surface area contributed by atoms with Gasteiger partial charge in [-0.1, -0.05) is 28.4 Å². The lowest BCUT2D eigenvalue weighted by Gasteiger charge is -2.07. The van der Waals surface area contributed by atoms with Crippen LogP contribution in [0.3, 0.4) is 0 Å². The van der Waals surface area contributed by atoms with E-state index in [-0.39, 0.29) is 18.2 Å². The summed E-state index contributed by atoms with van der Waals surface area (Å²) >= 11 is 11.8. The van der Waals surface area contributed by atoms with Gasteiger partial charge < -0.3 is 19.3 Å². The summed E-state index contributed by atoms with van der Waals surface area (Å²) in [5.74, 6) is 1.08. The Labute approximate surface area is 149 Å². The number of amides is 1. The number of rotatable bonds is 6. The first-order valence-corrected chi connectivity index (χ1v) is 8.27. The van der Waals surface area contributed by atoms with E-state index < -0.39 is 0 Å². The fraction of sp³-hybridized carbons (Fsp3) is 0.375. The maximum Gasteiger partial charge on any atom is 0.273 e. The number of carbonyl (C=O) groups excluding carboxylic acids is 1. The van der Waals surface area contributed by atoms with Crippen molar-refractivity contribution in [1.29, 1.82) is 0 Å². The predicted molar refractivity (Wildman–Crippen MR) is 88.6 cm³/mol. The molecule has 3 rings (SSSR count). The number of hydrogen-bond acceptors (Lipinski definition) is 5. The molecule has 0 saturated carbocycles. The third-order valence-corrected chi connectivity index (χ3v) is 4.38. The van der Waals surface area contributed by atoms with Gasteiger partial charge in [-0.05, 0) is 18.6 Å². The second kappa shape index (κ2) is 7.88. The van der Waals surface area contributed by atoms with E-state index in [1.165, 1.54) is 0 Å². The molecular formula is C16H16Cl2N2O4. The number of nitrogens with zero attached hydrogens (tertiary/aromatic N) is 1. The smallest absolute Gasteiger partial charge is 0.273 e. The molecule has 0 aliphatic carbocycles. The summed E-state index contributed by atoms with van der Waals surface area (Å²) in [6.07, 6.45) is 0.960. The highest BCUT2D eigenvalue weighted by Gasteiger charge is 2.18. The van der Waals surface area contributed by atoms with E-state index >= 15 is 0 Å². The molecule has 24 heavy (non-hydrogen) atoms. The van der Waals surface area contributed by atoms with Crippen LogP contribution in [0.1, 0.15) is 22.7 Å². The standard InChI is InChI=1S/C16H16Cl2N2O4/c17-13-2-1-11(5-14(13)18)23-9-12-6-15(20-24-12)16(21)19-7-10-3-4-22-8-10/h1-2,5-6,10H,3-4,7-9H2,(H,19,21). The molecule has 128 valence electrons. The average Bonchev–Trinajstić information content (AvgIpc) is 3.25. The molecule has 1 amide bonds. The largest absolute Gasteiger partial charge is 0.485 e. The molecule has 0 spiro atoms. The molecule has 2 heterocycles. The molecule has 1 unspecified atom stereocenters. The second-order valence-electron chi connectivity index (χ2n) is 5.48. The van der Waals surface area contributed by atoms with Crippen molar-refractivity contribution < 1.29 is 18.8 Å². The molecule has 1 N–H and O–H groups in total. The Kier molecular flexibility index (Phi) is 5.60. The van der Waals surface area contributed by atoms with Gasteiger partial charge in [-0.2, -0.15) is 0 Å². The van der Waals surface area contributed by atoms with Crippen LogP contribution in [-0.2, 0) is 11.3 Å². The summed E-state index contributed by atoms with van der Waals surface area (Å²) in [5, 5.41) is 7.45. The quantitative estimate of drug-likeness (QED) is 0.843. The molecule has 6 nitrogen and oxygen atoms in total. The molecule has 8 heteroatoms. The number of ether oxygens (including phenoxy) is 2. The zero-order chi connectivity index (χ0) is 16.9. The lowest BCUT2D eigenvalue weighted by atomic mass is 10.1. The number of nitrogens with one attached hydrogen (secondary N) is 1. The van der Waals surface area contributed by atoms with E-state index in [1.54, 1.807) is 24.3 Å². The maximum atomic E-state index is 12.0. The third-order valence-electron chi connectivity index (χ3n) is 3.64. The summed E-state index contributed by atoms with van der Waals surface area (Å²) in [5.41, 5.74) is 0.224. The summed E-state index contributed by atoms with van der Waals surface area (Å²) < 4.78 is 15.9. The van der Waals surface area contributed by atoms with Crippen LogP contribution in [0.4, 0.5) is 0 Å². The Morgan fingerprint density at radius 2 is 2.21 bits per heavy atom. The minimum atomic E-state index is -0.272. The molecule has 1 saturated heterocycles. The van der Waals surface area contributed by atoms with Crippen LogP contribution in [0.5, 0.6) is 5.75 Å². The van der Waals surface area contributed by atoms with E-state index in [4.69, 9.17) is 37.2 Å². The van der Waals surface area contributed by atoms with Crippen molar-refractivity contribution in [3.63, 3.8) is 0 Å². The first-order chi connectivity index (χ1) is 11.6. The average molecular weight is 371 g/mol. The Bertz CT molecular complexity index is 714. The van der Waals surface area contributed by atoms with Gasteiger partial charge in [0.05, 0.1) is 16.7 Å². The molecule has 1 aromatic heterocycles.